The van der Waals surface area contributed by atoms with E-state index in [-0.39, 0.29) is 4.90 Å². The van der Waals surface area contributed by atoms with Crippen LogP contribution in [0.5, 0.6) is 0 Å². The average molecular weight is 382 g/mol. The third kappa shape index (κ3) is 3.93. The molecule has 0 atom stereocenters. The fourth-order valence-electron chi connectivity index (χ4n) is 1.45. The molecule has 2 aromatic rings. The molecule has 0 saturated carbocycles. The van der Waals surface area contributed by atoms with Crippen LogP contribution in [0.25, 0.3) is 0 Å². The Morgan fingerprint density at radius 1 is 1.37 bits per heavy atom. The Bertz CT molecular complexity index is 700. The molecule has 102 valence electrons. The lowest BCUT2D eigenvalue weighted by atomic mass is 10.3. The van der Waals surface area contributed by atoms with Crippen LogP contribution in [0.4, 0.5) is 5.69 Å². The molecule has 0 unspecified atom stereocenters. The van der Waals surface area contributed by atoms with E-state index in [9.17, 15) is 8.42 Å². The summed E-state index contributed by atoms with van der Waals surface area (Å²) in [5.74, 6) is 0. The summed E-state index contributed by atoms with van der Waals surface area (Å²) < 4.78 is 23.6. The highest BCUT2D eigenvalue weighted by molar-refractivity contribution is 9.10. The van der Waals surface area contributed by atoms with Crippen molar-refractivity contribution in [2.24, 2.45) is 5.14 Å². The first-order valence-electron chi connectivity index (χ1n) is 5.15. The predicted molar refractivity (Wildman–Crippen MR) is 82.2 cm³/mol. The topological polar surface area (TPSA) is 72.2 Å². The molecule has 0 radical (unpaired) electrons. The average Bonchev–Trinajstić information content (AvgIpc) is 2.72. The number of thiophene rings is 1. The van der Waals surface area contributed by atoms with Gasteiger partial charge in [-0.1, -0.05) is 11.6 Å². The minimum Gasteiger partial charge on any atom is -0.379 e. The smallest absolute Gasteiger partial charge is 0.238 e. The molecule has 0 saturated heterocycles. The third-order valence-corrected chi connectivity index (χ3v) is 5.28. The van der Waals surface area contributed by atoms with E-state index in [1.807, 2.05) is 11.4 Å². The van der Waals surface area contributed by atoms with Crippen LogP contribution >= 0.6 is 38.9 Å². The number of rotatable bonds is 4. The molecule has 1 aromatic heterocycles. The van der Waals surface area contributed by atoms with Crippen molar-refractivity contribution in [3.05, 3.63) is 44.0 Å². The SMILES string of the molecule is NS(=O)(=O)c1ccc(Cl)c(NCc2cc(Br)cs2)c1. The highest BCUT2D eigenvalue weighted by Gasteiger charge is 2.10. The zero-order valence-corrected chi connectivity index (χ0v) is 13.5. The van der Waals surface area contributed by atoms with Crippen LogP contribution in [0.1, 0.15) is 4.88 Å². The number of primary sulfonamides is 1. The molecular weight excluding hydrogens is 372 g/mol. The fraction of sp³-hybridized carbons (Fsp3) is 0.0909. The molecule has 0 amide bonds. The lowest BCUT2D eigenvalue weighted by molar-refractivity contribution is 0.598. The minimum atomic E-state index is -3.72. The van der Waals surface area contributed by atoms with Crippen LogP contribution in [0.3, 0.4) is 0 Å². The Labute approximate surface area is 128 Å². The van der Waals surface area contributed by atoms with Crippen LogP contribution in [-0.4, -0.2) is 8.42 Å². The van der Waals surface area contributed by atoms with Crippen LogP contribution < -0.4 is 10.5 Å². The maximum atomic E-state index is 11.3. The van der Waals surface area contributed by atoms with Crippen molar-refractivity contribution in [3.8, 4) is 0 Å². The van der Waals surface area contributed by atoms with E-state index >= 15 is 0 Å². The molecule has 0 aliphatic rings. The molecule has 0 bridgehead atoms. The van der Waals surface area contributed by atoms with Gasteiger partial charge in [0.25, 0.3) is 0 Å². The predicted octanol–water partition coefficient (Wildman–Crippen LogP) is 3.42. The van der Waals surface area contributed by atoms with Crippen LogP contribution in [0.2, 0.25) is 5.02 Å². The number of hydrogen-bond acceptors (Lipinski definition) is 4. The van der Waals surface area contributed by atoms with Crippen molar-refractivity contribution >= 4 is 54.6 Å². The number of halogens is 2. The zero-order chi connectivity index (χ0) is 14.0. The quantitative estimate of drug-likeness (QED) is 0.852. The van der Waals surface area contributed by atoms with Gasteiger partial charge in [-0.2, -0.15) is 0 Å². The van der Waals surface area contributed by atoms with Gasteiger partial charge in [0.2, 0.25) is 10.0 Å². The maximum Gasteiger partial charge on any atom is 0.238 e. The second-order valence-corrected chi connectivity index (χ2v) is 7.65. The molecule has 3 N–H and O–H groups in total. The van der Waals surface area contributed by atoms with Crippen molar-refractivity contribution in [3.63, 3.8) is 0 Å². The summed E-state index contributed by atoms with van der Waals surface area (Å²) in [6, 6.07) is 6.30. The van der Waals surface area contributed by atoms with Crippen LogP contribution in [0.15, 0.2) is 39.0 Å². The van der Waals surface area contributed by atoms with Gasteiger partial charge in [0.05, 0.1) is 15.6 Å². The van der Waals surface area contributed by atoms with E-state index in [1.165, 1.54) is 18.2 Å². The van der Waals surface area contributed by atoms with Gasteiger partial charge in [0.15, 0.2) is 0 Å². The van der Waals surface area contributed by atoms with Crippen LogP contribution in [0, 0.1) is 0 Å². The number of benzene rings is 1. The van der Waals surface area contributed by atoms with Gasteiger partial charge in [0, 0.05) is 21.3 Å². The van der Waals surface area contributed by atoms with Gasteiger partial charge in [0.1, 0.15) is 0 Å². The molecule has 0 fully saturated rings. The molecule has 1 heterocycles. The molecule has 0 aliphatic heterocycles. The van der Waals surface area contributed by atoms with E-state index < -0.39 is 10.0 Å². The molecule has 1 aromatic carbocycles. The number of nitrogens with two attached hydrogens (primary N) is 1. The molecule has 0 spiro atoms. The first kappa shape index (κ1) is 14.8. The second kappa shape index (κ2) is 5.80. The zero-order valence-electron chi connectivity index (χ0n) is 9.56. The third-order valence-electron chi connectivity index (χ3n) is 2.34. The summed E-state index contributed by atoms with van der Waals surface area (Å²) in [4.78, 5) is 1.13. The maximum absolute atomic E-state index is 11.3. The van der Waals surface area contributed by atoms with Crippen molar-refractivity contribution in [2.45, 2.75) is 11.4 Å². The van der Waals surface area contributed by atoms with Crippen molar-refractivity contribution in [1.29, 1.82) is 0 Å². The van der Waals surface area contributed by atoms with Gasteiger partial charge in [-0.15, -0.1) is 11.3 Å². The Hall–Kier alpha value is -0.600. The van der Waals surface area contributed by atoms with Crippen molar-refractivity contribution < 1.29 is 8.42 Å². The lowest BCUT2D eigenvalue weighted by Gasteiger charge is -2.08. The molecule has 4 nitrogen and oxygen atoms in total. The first-order valence-corrected chi connectivity index (χ1v) is 8.75. The second-order valence-electron chi connectivity index (χ2n) is 3.77. The van der Waals surface area contributed by atoms with E-state index in [4.69, 9.17) is 16.7 Å². The van der Waals surface area contributed by atoms with Gasteiger partial charge >= 0.3 is 0 Å². The summed E-state index contributed by atoms with van der Waals surface area (Å²) in [5, 5.41) is 10.6. The van der Waals surface area contributed by atoms with Crippen molar-refractivity contribution in [2.75, 3.05) is 5.32 Å². The number of hydrogen-bond donors (Lipinski definition) is 2. The summed E-state index contributed by atoms with van der Waals surface area (Å²) in [5.41, 5.74) is 0.540. The Kier molecular flexibility index (Phi) is 4.52. The number of anilines is 1. The molecular formula is C11H10BrClN2O2S2. The Morgan fingerprint density at radius 2 is 2.11 bits per heavy atom. The summed E-state index contributed by atoms with van der Waals surface area (Å²) >= 11 is 11.0. The van der Waals surface area contributed by atoms with Gasteiger partial charge in [-0.25, -0.2) is 13.6 Å². The van der Waals surface area contributed by atoms with Gasteiger partial charge in [-0.3, -0.25) is 0 Å². The summed E-state index contributed by atoms with van der Waals surface area (Å²) in [6.45, 7) is 0.560. The highest BCUT2D eigenvalue weighted by Crippen LogP contribution is 2.26. The highest BCUT2D eigenvalue weighted by atomic mass is 79.9. The molecule has 19 heavy (non-hydrogen) atoms. The fourth-order valence-corrected chi connectivity index (χ4v) is 3.56. The molecule has 0 aliphatic carbocycles. The Morgan fingerprint density at radius 3 is 2.68 bits per heavy atom. The van der Waals surface area contributed by atoms with Crippen molar-refractivity contribution in [1.82, 2.24) is 0 Å². The van der Waals surface area contributed by atoms with E-state index in [0.717, 1.165) is 9.35 Å². The first-order chi connectivity index (χ1) is 8.86. The molecule has 2 rings (SSSR count). The number of sulfonamides is 1. The standard InChI is InChI=1S/C11H10BrClN2O2S2/c12-7-3-8(18-6-7)5-15-11-4-9(19(14,16)17)1-2-10(11)13/h1-4,6,15H,5H2,(H2,14,16,17). The van der Waals surface area contributed by atoms with Gasteiger partial charge < -0.3 is 5.32 Å². The number of nitrogens with one attached hydrogen (secondary N) is 1. The lowest BCUT2D eigenvalue weighted by Crippen LogP contribution is -2.12. The van der Waals surface area contributed by atoms with Gasteiger partial charge in [-0.05, 0) is 40.2 Å². The minimum absolute atomic E-state index is 0.0340. The summed E-state index contributed by atoms with van der Waals surface area (Å²) in [7, 11) is -3.72. The van der Waals surface area contributed by atoms with E-state index in [2.05, 4.69) is 21.2 Å². The normalized spacial score (nSPS) is 11.5. The largest absolute Gasteiger partial charge is 0.379 e. The summed E-state index contributed by atoms with van der Waals surface area (Å²) in [6.07, 6.45) is 0. The van der Waals surface area contributed by atoms with Crippen LogP contribution in [-0.2, 0) is 16.6 Å². The molecule has 8 heteroatoms. The van der Waals surface area contributed by atoms with E-state index in [1.54, 1.807) is 11.3 Å². The van der Waals surface area contributed by atoms with E-state index in [0.29, 0.717) is 17.3 Å². The Balaban J connectivity index is 2.20. The monoisotopic (exact) mass is 380 g/mol.